The maximum absolute atomic E-state index is 2.31. The molecule has 0 saturated heterocycles. The summed E-state index contributed by atoms with van der Waals surface area (Å²) in [5.74, 6) is 0. The minimum Gasteiger partial charge on any atom is -0.311 e. The van der Waals surface area contributed by atoms with Crippen LogP contribution in [0.1, 0.15) is 47.2 Å². The van der Waals surface area contributed by atoms with Crippen molar-refractivity contribution in [2.75, 3.05) is 9.80 Å². The molecule has 0 aliphatic carbocycles. The Morgan fingerprint density at radius 2 is 0.615 bits per heavy atom. The molecule has 0 saturated carbocycles. The zero-order chi connectivity index (χ0) is 35.5. The molecule has 0 aliphatic rings. The maximum atomic E-state index is 2.31. The molecule has 0 amide bonds. The van der Waals surface area contributed by atoms with Gasteiger partial charge in [-0.2, -0.15) is 0 Å². The number of benzene rings is 7. The Balaban J connectivity index is 1.05. The molecule has 52 heavy (non-hydrogen) atoms. The molecule has 0 radical (unpaired) electrons. The number of rotatable bonds is 12. The van der Waals surface area contributed by atoms with Gasteiger partial charge in [0, 0.05) is 34.1 Å². The molecule has 0 atom stereocenters. The van der Waals surface area contributed by atoms with Gasteiger partial charge in [-0.3, -0.25) is 0 Å². The highest BCUT2D eigenvalue weighted by molar-refractivity contribution is 5.80. The average Bonchev–Trinajstić information content (AvgIpc) is 3.22. The minimum atomic E-state index is 1.03. The predicted octanol–water partition coefficient (Wildman–Crippen LogP) is 14.1. The van der Waals surface area contributed by atoms with Gasteiger partial charge in [0.1, 0.15) is 0 Å². The van der Waals surface area contributed by atoms with Crippen LogP contribution in [0, 0.1) is 0 Å². The van der Waals surface area contributed by atoms with Crippen LogP contribution in [0.2, 0.25) is 0 Å². The fourth-order valence-electron chi connectivity index (χ4n) is 6.43. The van der Waals surface area contributed by atoms with Crippen LogP contribution >= 0.6 is 0 Å². The third-order valence-electron chi connectivity index (χ3n) is 9.38. The number of hydrogen-bond donors (Lipinski definition) is 0. The van der Waals surface area contributed by atoms with Crippen molar-refractivity contribution in [2.24, 2.45) is 0 Å². The first-order valence-corrected chi connectivity index (χ1v) is 18.2. The van der Waals surface area contributed by atoms with Crippen molar-refractivity contribution in [1.82, 2.24) is 0 Å². The van der Waals surface area contributed by atoms with E-state index in [4.69, 9.17) is 0 Å². The molecule has 0 heterocycles. The largest absolute Gasteiger partial charge is 0.311 e. The Morgan fingerprint density at radius 1 is 0.308 bits per heavy atom. The summed E-state index contributed by atoms with van der Waals surface area (Å²) >= 11 is 0. The van der Waals surface area contributed by atoms with Gasteiger partial charge in [0.05, 0.1) is 0 Å². The topological polar surface area (TPSA) is 6.48 Å². The first-order valence-electron chi connectivity index (χ1n) is 18.2. The molecule has 7 aromatic rings. The summed E-state index contributed by atoms with van der Waals surface area (Å²) in [4.78, 5) is 4.61. The van der Waals surface area contributed by atoms with Gasteiger partial charge in [-0.05, 0) is 125 Å². The van der Waals surface area contributed by atoms with Gasteiger partial charge in [-0.25, -0.2) is 0 Å². The molecular weight excluding hydrogens is 629 g/mol. The van der Waals surface area contributed by atoms with Crippen LogP contribution in [-0.4, -0.2) is 0 Å². The third kappa shape index (κ3) is 8.31. The van der Waals surface area contributed by atoms with E-state index in [1.165, 1.54) is 11.1 Å². The standard InChI is InChI=1S/C50H44N2/c1-3-39-22-30-47(31-23-39)51(45-14-7-5-8-15-45)49-34-26-41(27-35-49)18-20-43-12-11-13-44(38-43)21-19-42-28-36-50(37-29-42)52(46-16-9-6-10-17-46)48-32-24-40(4-2)25-33-48/h5-38H,3-4H2,1-2H3/b20-18+,21-19+. The zero-order valence-electron chi connectivity index (χ0n) is 29.9. The van der Waals surface area contributed by atoms with Gasteiger partial charge in [-0.15, -0.1) is 0 Å². The van der Waals surface area contributed by atoms with E-state index in [-0.39, 0.29) is 0 Å². The van der Waals surface area contributed by atoms with Gasteiger partial charge >= 0.3 is 0 Å². The van der Waals surface area contributed by atoms with Crippen LogP contribution in [0.5, 0.6) is 0 Å². The quantitative estimate of drug-likeness (QED) is 0.119. The smallest absolute Gasteiger partial charge is 0.0462 e. The van der Waals surface area contributed by atoms with Gasteiger partial charge < -0.3 is 9.80 Å². The Labute approximate surface area is 309 Å². The SMILES string of the molecule is CCc1ccc(N(c2ccccc2)c2ccc(/C=C/c3cccc(/C=C/c4ccc(N(c5ccccc5)c5ccc(CC)cc5)cc4)c3)cc2)cc1. The second-order valence-electron chi connectivity index (χ2n) is 12.9. The molecule has 0 N–H and O–H groups in total. The van der Waals surface area contributed by atoms with Crippen LogP contribution < -0.4 is 9.80 Å². The molecule has 2 heteroatoms. The molecule has 0 aromatic heterocycles. The van der Waals surface area contributed by atoms with Crippen molar-refractivity contribution < 1.29 is 0 Å². The number of aryl methyl sites for hydroxylation is 2. The van der Waals surface area contributed by atoms with Crippen LogP contribution in [-0.2, 0) is 12.8 Å². The van der Waals surface area contributed by atoms with Crippen LogP contribution in [0.25, 0.3) is 24.3 Å². The molecule has 254 valence electrons. The van der Waals surface area contributed by atoms with Crippen LogP contribution in [0.4, 0.5) is 34.1 Å². The van der Waals surface area contributed by atoms with E-state index < -0.39 is 0 Å². The van der Waals surface area contributed by atoms with Gasteiger partial charge in [0.2, 0.25) is 0 Å². The molecule has 0 spiro atoms. The number of para-hydroxylation sites is 2. The number of anilines is 6. The van der Waals surface area contributed by atoms with Crippen molar-refractivity contribution in [1.29, 1.82) is 0 Å². The van der Waals surface area contributed by atoms with E-state index in [1.54, 1.807) is 0 Å². The highest BCUT2D eigenvalue weighted by atomic mass is 15.1. The second kappa shape index (κ2) is 16.6. The summed E-state index contributed by atoms with van der Waals surface area (Å²) in [6.45, 7) is 4.38. The van der Waals surface area contributed by atoms with Crippen molar-refractivity contribution in [3.63, 3.8) is 0 Å². The summed E-state index contributed by atoms with van der Waals surface area (Å²) in [6, 6.07) is 65.0. The summed E-state index contributed by atoms with van der Waals surface area (Å²) < 4.78 is 0. The second-order valence-corrected chi connectivity index (χ2v) is 12.9. The Bertz CT molecular complexity index is 2060. The average molecular weight is 673 g/mol. The van der Waals surface area contributed by atoms with Crippen molar-refractivity contribution in [3.05, 3.63) is 215 Å². The van der Waals surface area contributed by atoms with Crippen molar-refractivity contribution in [2.45, 2.75) is 26.7 Å². The van der Waals surface area contributed by atoms with Crippen molar-refractivity contribution in [3.8, 4) is 0 Å². The zero-order valence-corrected chi connectivity index (χ0v) is 29.9. The normalized spacial score (nSPS) is 11.3. The Morgan fingerprint density at radius 3 is 0.962 bits per heavy atom. The van der Waals surface area contributed by atoms with Crippen LogP contribution in [0.3, 0.4) is 0 Å². The first kappa shape index (κ1) is 34.1. The molecule has 7 aromatic carbocycles. The molecule has 0 bridgehead atoms. The third-order valence-corrected chi connectivity index (χ3v) is 9.38. The lowest BCUT2D eigenvalue weighted by molar-refractivity contribution is 1.14. The monoisotopic (exact) mass is 672 g/mol. The van der Waals surface area contributed by atoms with E-state index in [9.17, 15) is 0 Å². The van der Waals surface area contributed by atoms with E-state index in [2.05, 4.69) is 230 Å². The lowest BCUT2D eigenvalue weighted by atomic mass is 10.1. The maximum Gasteiger partial charge on any atom is 0.0462 e. The lowest BCUT2D eigenvalue weighted by Gasteiger charge is -2.25. The summed E-state index contributed by atoms with van der Waals surface area (Å²) in [7, 11) is 0. The molecule has 0 unspecified atom stereocenters. The first-order chi connectivity index (χ1) is 25.7. The Kier molecular flexibility index (Phi) is 10.8. The van der Waals surface area contributed by atoms with E-state index in [0.29, 0.717) is 0 Å². The fourth-order valence-corrected chi connectivity index (χ4v) is 6.43. The Hall–Kier alpha value is -6.38. The van der Waals surface area contributed by atoms with Crippen molar-refractivity contribution >= 4 is 58.4 Å². The summed E-state index contributed by atoms with van der Waals surface area (Å²) in [5.41, 5.74) is 14.2. The molecule has 0 fully saturated rings. The van der Waals surface area contributed by atoms with Crippen LogP contribution in [0.15, 0.2) is 182 Å². The van der Waals surface area contributed by atoms with E-state index in [1.807, 2.05) is 0 Å². The van der Waals surface area contributed by atoms with Gasteiger partial charge in [-0.1, -0.05) is 141 Å². The number of hydrogen-bond acceptors (Lipinski definition) is 2. The summed E-state index contributed by atoms with van der Waals surface area (Å²) in [6.07, 6.45) is 10.8. The molecule has 2 nitrogen and oxygen atoms in total. The fraction of sp³-hybridized carbons (Fsp3) is 0.0800. The van der Waals surface area contributed by atoms with Gasteiger partial charge in [0.25, 0.3) is 0 Å². The summed E-state index contributed by atoms with van der Waals surface area (Å²) in [5, 5.41) is 0. The number of nitrogens with zero attached hydrogens (tertiary/aromatic N) is 2. The molecule has 0 aliphatic heterocycles. The predicted molar refractivity (Wildman–Crippen MR) is 225 cm³/mol. The minimum absolute atomic E-state index is 1.03. The highest BCUT2D eigenvalue weighted by Gasteiger charge is 2.13. The highest BCUT2D eigenvalue weighted by Crippen LogP contribution is 2.36. The lowest BCUT2D eigenvalue weighted by Crippen LogP contribution is -2.09. The van der Waals surface area contributed by atoms with E-state index >= 15 is 0 Å². The van der Waals surface area contributed by atoms with Gasteiger partial charge in [0.15, 0.2) is 0 Å². The molecular formula is C50H44N2. The van der Waals surface area contributed by atoms with E-state index in [0.717, 1.165) is 69.2 Å². The molecule has 7 rings (SSSR count).